The van der Waals surface area contributed by atoms with Gasteiger partial charge in [-0.05, 0) is 30.7 Å². The number of carbonyl (C=O) groups is 2. The van der Waals surface area contributed by atoms with Crippen molar-refractivity contribution in [1.82, 2.24) is 5.32 Å². The van der Waals surface area contributed by atoms with Gasteiger partial charge in [0.05, 0.1) is 0 Å². The van der Waals surface area contributed by atoms with E-state index in [0.29, 0.717) is 18.1 Å². The van der Waals surface area contributed by atoms with Crippen molar-refractivity contribution in [2.75, 3.05) is 13.2 Å². The number of rotatable bonds is 9. The summed E-state index contributed by atoms with van der Waals surface area (Å²) in [4.78, 5) is 23.3. The van der Waals surface area contributed by atoms with Gasteiger partial charge in [0, 0.05) is 6.54 Å². The van der Waals surface area contributed by atoms with E-state index in [1.54, 1.807) is 6.07 Å². The highest BCUT2D eigenvalue weighted by atomic mass is 16.6. The zero-order chi connectivity index (χ0) is 17.2. The van der Waals surface area contributed by atoms with Crippen LogP contribution < -0.4 is 10.1 Å². The van der Waals surface area contributed by atoms with Crippen molar-refractivity contribution in [3.63, 3.8) is 0 Å². The van der Waals surface area contributed by atoms with Gasteiger partial charge >= 0.3 is 5.97 Å². The SMILES string of the molecule is CCCCNC(=O)COC(=O)c1ccc(COc2ccccc2)o1. The van der Waals surface area contributed by atoms with Crippen molar-refractivity contribution in [3.8, 4) is 5.75 Å². The maximum absolute atomic E-state index is 11.8. The van der Waals surface area contributed by atoms with Crippen LogP contribution in [0.2, 0.25) is 0 Å². The van der Waals surface area contributed by atoms with Gasteiger partial charge in [-0.1, -0.05) is 31.5 Å². The Bertz CT molecular complexity index is 650. The molecule has 128 valence electrons. The molecule has 6 nitrogen and oxygen atoms in total. The van der Waals surface area contributed by atoms with E-state index in [1.165, 1.54) is 6.07 Å². The number of carbonyl (C=O) groups excluding carboxylic acids is 2. The predicted octanol–water partition coefficient (Wildman–Crippen LogP) is 2.93. The fraction of sp³-hybridized carbons (Fsp3) is 0.333. The first-order valence-electron chi connectivity index (χ1n) is 7.89. The Morgan fingerprint density at radius 2 is 1.92 bits per heavy atom. The number of nitrogens with one attached hydrogen (secondary N) is 1. The molecule has 0 bridgehead atoms. The zero-order valence-electron chi connectivity index (χ0n) is 13.6. The smallest absolute Gasteiger partial charge is 0.374 e. The number of unbranched alkanes of at least 4 members (excludes halogenated alkanes) is 1. The average Bonchev–Trinajstić information content (AvgIpc) is 3.08. The summed E-state index contributed by atoms with van der Waals surface area (Å²) in [6.07, 6.45) is 1.88. The highest BCUT2D eigenvalue weighted by Crippen LogP contribution is 2.14. The maximum atomic E-state index is 11.8. The molecule has 2 aromatic rings. The number of hydrogen-bond acceptors (Lipinski definition) is 5. The van der Waals surface area contributed by atoms with E-state index < -0.39 is 5.97 Å². The molecule has 0 atom stereocenters. The molecule has 0 radical (unpaired) electrons. The summed E-state index contributed by atoms with van der Waals surface area (Å²) in [5.74, 6) is 0.255. The fourth-order valence-corrected chi connectivity index (χ4v) is 1.89. The van der Waals surface area contributed by atoms with E-state index in [1.807, 2.05) is 37.3 Å². The van der Waals surface area contributed by atoms with Crippen LogP contribution >= 0.6 is 0 Å². The number of furan rings is 1. The lowest BCUT2D eigenvalue weighted by molar-refractivity contribution is -0.124. The Morgan fingerprint density at radius 1 is 1.12 bits per heavy atom. The second kappa shape index (κ2) is 9.39. The van der Waals surface area contributed by atoms with Crippen molar-refractivity contribution < 1.29 is 23.5 Å². The molecular formula is C18H21NO5. The van der Waals surface area contributed by atoms with Crippen molar-refractivity contribution in [3.05, 3.63) is 54.0 Å². The molecule has 0 aliphatic heterocycles. The Hall–Kier alpha value is -2.76. The first-order chi connectivity index (χ1) is 11.7. The van der Waals surface area contributed by atoms with Crippen LogP contribution in [0.5, 0.6) is 5.75 Å². The molecule has 0 aliphatic carbocycles. The normalized spacial score (nSPS) is 10.2. The molecule has 2 rings (SSSR count). The molecule has 0 saturated carbocycles. The summed E-state index contributed by atoms with van der Waals surface area (Å²) < 4.78 is 15.8. The monoisotopic (exact) mass is 331 g/mol. The molecule has 0 unspecified atom stereocenters. The van der Waals surface area contributed by atoms with Gasteiger partial charge in [-0.2, -0.15) is 0 Å². The standard InChI is InChI=1S/C18H21NO5/c1-2-3-11-19-17(20)13-23-18(21)16-10-9-15(24-16)12-22-14-7-5-4-6-8-14/h4-10H,2-3,11-13H2,1H3,(H,19,20). The van der Waals surface area contributed by atoms with Crippen molar-refractivity contribution >= 4 is 11.9 Å². The van der Waals surface area contributed by atoms with Crippen molar-refractivity contribution in [2.24, 2.45) is 0 Å². The third-order valence-electron chi connectivity index (χ3n) is 3.17. The zero-order valence-corrected chi connectivity index (χ0v) is 13.6. The van der Waals surface area contributed by atoms with Crippen LogP contribution in [0.25, 0.3) is 0 Å². The number of esters is 1. The molecule has 0 fully saturated rings. The molecule has 0 aliphatic rings. The van der Waals surface area contributed by atoms with Crippen LogP contribution in [0.3, 0.4) is 0 Å². The maximum Gasteiger partial charge on any atom is 0.374 e. The number of hydrogen-bond donors (Lipinski definition) is 1. The summed E-state index contributed by atoms with van der Waals surface area (Å²) in [6, 6.07) is 12.4. The molecule has 6 heteroatoms. The Morgan fingerprint density at radius 3 is 2.67 bits per heavy atom. The topological polar surface area (TPSA) is 77.8 Å². The minimum Gasteiger partial charge on any atom is -0.486 e. The van der Waals surface area contributed by atoms with Crippen LogP contribution in [0.4, 0.5) is 0 Å². The average molecular weight is 331 g/mol. The van der Waals surface area contributed by atoms with Crippen LogP contribution in [0, 0.1) is 0 Å². The van der Waals surface area contributed by atoms with Gasteiger partial charge in [0.2, 0.25) is 5.76 Å². The van der Waals surface area contributed by atoms with E-state index in [4.69, 9.17) is 13.9 Å². The Balaban J connectivity index is 1.75. The third kappa shape index (κ3) is 5.79. The first-order valence-corrected chi connectivity index (χ1v) is 7.89. The summed E-state index contributed by atoms with van der Waals surface area (Å²) in [5.41, 5.74) is 0. The van der Waals surface area contributed by atoms with Crippen molar-refractivity contribution in [2.45, 2.75) is 26.4 Å². The van der Waals surface area contributed by atoms with E-state index in [0.717, 1.165) is 12.8 Å². The number of para-hydroxylation sites is 1. The number of benzene rings is 1. The molecule has 24 heavy (non-hydrogen) atoms. The third-order valence-corrected chi connectivity index (χ3v) is 3.17. The van der Waals surface area contributed by atoms with E-state index >= 15 is 0 Å². The summed E-state index contributed by atoms with van der Waals surface area (Å²) >= 11 is 0. The minimum absolute atomic E-state index is 0.0445. The van der Waals surface area contributed by atoms with Gasteiger partial charge in [-0.3, -0.25) is 4.79 Å². The number of ether oxygens (including phenoxy) is 2. The molecular weight excluding hydrogens is 310 g/mol. The summed E-state index contributed by atoms with van der Waals surface area (Å²) in [5, 5.41) is 2.67. The molecule has 1 aromatic carbocycles. The van der Waals surface area contributed by atoms with Gasteiger partial charge < -0.3 is 19.2 Å². The highest BCUT2D eigenvalue weighted by molar-refractivity contribution is 5.88. The summed E-state index contributed by atoms with van der Waals surface area (Å²) in [6.45, 7) is 2.49. The lowest BCUT2D eigenvalue weighted by Gasteiger charge is -2.05. The number of amides is 1. The fourth-order valence-electron chi connectivity index (χ4n) is 1.89. The van der Waals surface area contributed by atoms with Crippen LogP contribution in [-0.4, -0.2) is 25.0 Å². The lowest BCUT2D eigenvalue weighted by atomic mass is 10.3. The van der Waals surface area contributed by atoms with Crippen LogP contribution in [0.15, 0.2) is 46.9 Å². The molecule has 0 spiro atoms. The first kappa shape index (κ1) is 17.6. The lowest BCUT2D eigenvalue weighted by Crippen LogP contribution is -2.29. The molecule has 1 amide bonds. The van der Waals surface area contributed by atoms with Crippen LogP contribution in [0.1, 0.15) is 36.1 Å². The van der Waals surface area contributed by atoms with Gasteiger partial charge in [0.25, 0.3) is 5.91 Å². The van der Waals surface area contributed by atoms with Gasteiger partial charge in [-0.25, -0.2) is 4.79 Å². The molecule has 1 heterocycles. The molecule has 1 aromatic heterocycles. The predicted molar refractivity (Wildman–Crippen MR) is 87.7 cm³/mol. The van der Waals surface area contributed by atoms with Gasteiger partial charge in [-0.15, -0.1) is 0 Å². The van der Waals surface area contributed by atoms with E-state index in [2.05, 4.69) is 5.32 Å². The Labute approximate surface area is 140 Å². The molecule has 1 N–H and O–H groups in total. The quantitative estimate of drug-likeness (QED) is 0.564. The minimum atomic E-state index is -0.674. The van der Waals surface area contributed by atoms with Crippen molar-refractivity contribution in [1.29, 1.82) is 0 Å². The van der Waals surface area contributed by atoms with Gasteiger partial charge in [0.15, 0.2) is 6.61 Å². The Kier molecular flexibility index (Phi) is 6.89. The summed E-state index contributed by atoms with van der Waals surface area (Å²) in [7, 11) is 0. The second-order valence-electron chi connectivity index (χ2n) is 5.15. The molecule has 0 saturated heterocycles. The van der Waals surface area contributed by atoms with E-state index in [9.17, 15) is 9.59 Å². The van der Waals surface area contributed by atoms with Gasteiger partial charge in [0.1, 0.15) is 18.1 Å². The van der Waals surface area contributed by atoms with Crippen LogP contribution in [-0.2, 0) is 16.1 Å². The van der Waals surface area contributed by atoms with E-state index in [-0.39, 0.29) is 24.9 Å². The highest BCUT2D eigenvalue weighted by Gasteiger charge is 2.14. The second-order valence-corrected chi connectivity index (χ2v) is 5.15. The largest absolute Gasteiger partial charge is 0.486 e.